The average Bonchev–Trinajstić information content (AvgIpc) is 2.90. The molecule has 21 heavy (non-hydrogen) atoms. The molecule has 5 nitrogen and oxygen atoms in total. The summed E-state index contributed by atoms with van der Waals surface area (Å²) in [5.41, 5.74) is 0. The highest BCUT2D eigenvalue weighted by molar-refractivity contribution is 7.11. The summed E-state index contributed by atoms with van der Waals surface area (Å²) in [6.45, 7) is 2.56. The number of hydrogen-bond donors (Lipinski definition) is 3. The third-order valence-corrected chi connectivity index (χ3v) is 4.60. The molecule has 0 unspecified atom stereocenters. The Labute approximate surface area is 129 Å². The molecule has 1 aromatic rings. The summed E-state index contributed by atoms with van der Waals surface area (Å²) in [7, 11) is 0. The van der Waals surface area contributed by atoms with Crippen molar-refractivity contribution in [2.45, 2.75) is 51.6 Å². The molecule has 0 bridgehead atoms. The Kier molecular flexibility index (Phi) is 6.04. The molecular weight excluding hydrogens is 286 g/mol. The zero-order chi connectivity index (χ0) is 15.1. The van der Waals surface area contributed by atoms with Gasteiger partial charge in [0.25, 0.3) is 0 Å². The maximum absolute atomic E-state index is 11.7. The van der Waals surface area contributed by atoms with E-state index in [1.165, 1.54) is 24.1 Å². The molecule has 1 saturated carbocycles. The number of carbonyl (C=O) groups excluding carboxylic acids is 2. The standard InChI is InChI=1S/C15H23N3O2S/c1-11-7-8-13(21-11)9-16-15(20)17-10-14(19)18-12-5-3-2-4-6-12/h7-8,12H,2-6,9-10H2,1H3,(H,18,19)(H2,16,17,20). The van der Waals surface area contributed by atoms with Crippen molar-refractivity contribution in [1.82, 2.24) is 16.0 Å². The predicted octanol–water partition coefficient (Wildman–Crippen LogP) is 2.30. The number of urea groups is 1. The molecule has 1 aliphatic carbocycles. The van der Waals surface area contributed by atoms with Crippen LogP contribution in [0.3, 0.4) is 0 Å². The number of rotatable bonds is 5. The maximum atomic E-state index is 11.7. The van der Waals surface area contributed by atoms with Crippen molar-refractivity contribution < 1.29 is 9.59 Å². The molecule has 116 valence electrons. The Hall–Kier alpha value is -1.56. The van der Waals surface area contributed by atoms with Crippen molar-refractivity contribution in [2.75, 3.05) is 6.54 Å². The Morgan fingerprint density at radius 2 is 1.95 bits per heavy atom. The molecule has 1 aliphatic rings. The Balaban J connectivity index is 1.60. The van der Waals surface area contributed by atoms with Crippen LogP contribution in [0, 0.1) is 6.92 Å². The first-order valence-electron chi connectivity index (χ1n) is 7.50. The fourth-order valence-electron chi connectivity index (χ4n) is 2.50. The van der Waals surface area contributed by atoms with E-state index in [1.54, 1.807) is 11.3 Å². The van der Waals surface area contributed by atoms with Crippen LogP contribution in [0.2, 0.25) is 0 Å². The lowest BCUT2D eigenvalue weighted by molar-refractivity contribution is -0.121. The zero-order valence-electron chi connectivity index (χ0n) is 12.4. The van der Waals surface area contributed by atoms with Gasteiger partial charge in [0.2, 0.25) is 5.91 Å². The van der Waals surface area contributed by atoms with Gasteiger partial charge in [-0.2, -0.15) is 0 Å². The summed E-state index contributed by atoms with van der Waals surface area (Å²) in [6, 6.07) is 4.00. The smallest absolute Gasteiger partial charge is 0.315 e. The molecular formula is C15H23N3O2S. The topological polar surface area (TPSA) is 70.2 Å². The van der Waals surface area contributed by atoms with E-state index in [0.717, 1.165) is 17.7 Å². The zero-order valence-corrected chi connectivity index (χ0v) is 13.2. The number of carbonyl (C=O) groups is 2. The summed E-state index contributed by atoms with van der Waals surface area (Å²) < 4.78 is 0. The second-order valence-electron chi connectivity index (χ2n) is 5.45. The lowest BCUT2D eigenvalue weighted by Gasteiger charge is -2.22. The molecule has 3 N–H and O–H groups in total. The molecule has 0 spiro atoms. The van der Waals surface area contributed by atoms with Crippen LogP contribution < -0.4 is 16.0 Å². The van der Waals surface area contributed by atoms with Gasteiger partial charge in [-0.15, -0.1) is 11.3 Å². The van der Waals surface area contributed by atoms with Gasteiger partial charge in [-0.3, -0.25) is 4.79 Å². The number of hydrogen-bond acceptors (Lipinski definition) is 3. The SMILES string of the molecule is Cc1ccc(CNC(=O)NCC(=O)NC2CCCCC2)s1. The third-order valence-electron chi connectivity index (χ3n) is 3.60. The van der Waals surface area contributed by atoms with E-state index >= 15 is 0 Å². The summed E-state index contributed by atoms with van der Waals surface area (Å²) in [6.07, 6.45) is 5.72. The van der Waals surface area contributed by atoms with Gasteiger partial charge in [-0.05, 0) is 31.9 Å². The van der Waals surface area contributed by atoms with Crippen LogP contribution in [0.25, 0.3) is 0 Å². The van der Waals surface area contributed by atoms with Crippen molar-refractivity contribution in [3.63, 3.8) is 0 Å². The summed E-state index contributed by atoms with van der Waals surface area (Å²) in [5, 5.41) is 8.32. The van der Waals surface area contributed by atoms with Crippen LogP contribution in [-0.4, -0.2) is 24.5 Å². The predicted molar refractivity (Wildman–Crippen MR) is 84.3 cm³/mol. The average molecular weight is 309 g/mol. The normalized spacial score (nSPS) is 15.5. The molecule has 0 aromatic carbocycles. The molecule has 1 aromatic heterocycles. The monoisotopic (exact) mass is 309 g/mol. The molecule has 0 atom stereocenters. The minimum Gasteiger partial charge on any atom is -0.352 e. The fourth-order valence-corrected chi connectivity index (χ4v) is 3.33. The molecule has 0 aliphatic heterocycles. The Morgan fingerprint density at radius 1 is 1.19 bits per heavy atom. The highest BCUT2D eigenvalue weighted by Gasteiger charge is 2.15. The van der Waals surface area contributed by atoms with Crippen LogP contribution in [0.5, 0.6) is 0 Å². The second kappa shape index (κ2) is 8.02. The van der Waals surface area contributed by atoms with Crippen LogP contribution in [0.4, 0.5) is 4.79 Å². The molecule has 3 amide bonds. The quantitative estimate of drug-likeness (QED) is 0.781. The van der Waals surface area contributed by atoms with E-state index in [0.29, 0.717) is 6.54 Å². The van der Waals surface area contributed by atoms with Gasteiger partial charge >= 0.3 is 6.03 Å². The van der Waals surface area contributed by atoms with Gasteiger partial charge in [-0.1, -0.05) is 19.3 Å². The van der Waals surface area contributed by atoms with Crippen molar-refractivity contribution in [1.29, 1.82) is 0 Å². The summed E-state index contributed by atoms with van der Waals surface area (Å²) in [5.74, 6) is -0.107. The number of aryl methyl sites for hydroxylation is 1. The van der Waals surface area contributed by atoms with Gasteiger partial charge in [0.05, 0.1) is 13.1 Å². The van der Waals surface area contributed by atoms with Gasteiger partial charge in [0, 0.05) is 15.8 Å². The van der Waals surface area contributed by atoms with Gasteiger partial charge in [0.1, 0.15) is 0 Å². The van der Waals surface area contributed by atoms with Gasteiger partial charge in [-0.25, -0.2) is 4.79 Å². The maximum Gasteiger partial charge on any atom is 0.315 e. The number of amides is 3. The highest BCUT2D eigenvalue weighted by atomic mass is 32.1. The third kappa shape index (κ3) is 5.75. The fraction of sp³-hybridized carbons (Fsp3) is 0.600. The molecule has 1 heterocycles. The minimum atomic E-state index is -0.306. The van der Waals surface area contributed by atoms with Gasteiger partial charge < -0.3 is 16.0 Å². The van der Waals surface area contributed by atoms with Crippen LogP contribution >= 0.6 is 11.3 Å². The molecule has 1 fully saturated rings. The van der Waals surface area contributed by atoms with Crippen LogP contribution in [0.1, 0.15) is 41.9 Å². The van der Waals surface area contributed by atoms with Crippen molar-refractivity contribution >= 4 is 23.3 Å². The Bertz CT molecular complexity index is 481. The number of thiophene rings is 1. The summed E-state index contributed by atoms with van der Waals surface area (Å²) in [4.78, 5) is 25.7. The van der Waals surface area contributed by atoms with Crippen molar-refractivity contribution in [3.05, 3.63) is 21.9 Å². The van der Waals surface area contributed by atoms with Crippen LogP contribution in [-0.2, 0) is 11.3 Å². The lowest BCUT2D eigenvalue weighted by Crippen LogP contribution is -2.45. The van der Waals surface area contributed by atoms with E-state index < -0.39 is 0 Å². The van der Waals surface area contributed by atoms with E-state index in [4.69, 9.17) is 0 Å². The largest absolute Gasteiger partial charge is 0.352 e. The van der Waals surface area contributed by atoms with E-state index in [2.05, 4.69) is 16.0 Å². The van der Waals surface area contributed by atoms with Crippen molar-refractivity contribution in [3.8, 4) is 0 Å². The lowest BCUT2D eigenvalue weighted by atomic mass is 9.95. The van der Waals surface area contributed by atoms with E-state index in [-0.39, 0.29) is 24.5 Å². The summed E-state index contributed by atoms with van der Waals surface area (Å²) >= 11 is 1.66. The van der Waals surface area contributed by atoms with E-state index in [1.807, 2.05) is 19.1 Å². The highest BCUT2D eigenvalue weighted by Crippen LogP contribution is 2.17. The number of nitrogens with one attached hydrogen (secondary N) is 3. The van der Waals surface area contributed by atoms with Crippen molar-refractivity contribution in [2.24, 2.45) is 0 Å². The second-order valence-corrected chi connectivity index (χ2v) is 6.82. The first-order chi connectivity index (χ1) is 10.1. The Morgan fingerprint density at radius 3 is 2.62 bits per heavy atom. The first kappa shape index (κ1) is 15.8. The van der Waals surface area contributed by atoms with Crippen LogP contribution in [0.15, 0.2) is 12.1 Å². The van der Waals surface area contributed by atoms with E-state index in [9.17, 15) is 9.59 Å². The molecule has 2 rings (SSSR count). The molecule has 0 radical (unpaired) electrons. The minimum absolute atomic E-state index is 0.0335. The molecule has 0 saturated heterocycles. The van der Waals surface area contributed by atoms with Gasteiger partial charge in [0.15, 0.2) is 0 Å². The first-order valence-corrected chi connectivity index (χ1v) is 8.31. The molecule has 6 heteroatoms.